The molecule has 2 rings (SSSR count). The van der Waals surface area contributed by atoms with E-state index in [9.17, 15) is 8.78 Å². The summed E-state index contributed by atoms with van der Waals surface area (Å²) in [4.78, 5) is 0. The predicted molar refractivity (Wildman–Crippen MR) is 72.9 cm³/mol. The Bertz CT molecular complexity index is 411. The van der Waals surface area contributed by atoms with Crippen LogP contribution in [0.3, 0.4) is 0 Å². The third-order valence-corrected chi connectivity index (χ3v) is 4.87. The maximum atomic E-state index is 13.7. The van der Waals surface area contributed by atoms with E-state index in [0.717, 1.165) is 12.5 Å². The minimum atomic E-state index is -0.383. The number of hydrogen-bond donors (Lipinski definition) is 1. The third-order valence-electron chi connectivity index (χ3n) is 3.50. The number of benzene rings is 1. The van der Waals surface area contributed by atoms with Crippen molar-refractivity contribution < 1.29 is 8.78 Å². The molecule has 18 heavy (non-hydrogen) atoms. The molecule has 0 bridgehead atoms. The van der Waals surface area contributed by atoms with E-state index in [-0.39, 0.29) is 17.7 Å². The molecule has 3 unspecified atom stereocenters. The molecule has 0 radical (unpaired) electrons. The minimum Gasteiger partial charge on any atom is -0.306 e. The highest BCUT2D eigenvalue weighted by Crippen LogP contribution is 2.27. The molecular weight excluding hydrogens is 252 g/mol. The molecule has 0 aromatic heterocycles. The van der Waals surface area contributed by atoms with Gasteiger partial charge in [-0.3, -0.25) is 0 Å². The number of rotatable bonds is 3. The SMILES string of the molecule is CC(NC1CCCSC1C)c1cc(F)ccc1F. The van der Waals surface area contributed by atoms with Gasteiger partial charge in [-0.15, -0.1) is 0 Å². The van der Waals surface area contributed by atoms with Gasteiger partial charge in [0.05, 0.1) is 0 Å². The molecule has 3 atom stereocenters. The summed E-state index contributed by atoms with van der Waals surface area (Å²) < 4.78 is 26.8. The largest absolute Gasteiger partial charge is 0.306 e. The Morgan fingerprint density at radius 3 is 2.89 bits per heavy atom. The highest BCUT2D eigenvalue weighted by atomic mass is 32.2. The Morgan fingerprint density at radius 1 is 1.39 bits per heavy atom. The first-order chi connectivity index (χ1) is 8.58. The van der Waals surface area contributed by atoms with Gasteiger partial charge in [0.1, 0.15) is 11.6 Å². The van der Waals surface area contributed by atoms with Crippen molar-refractivity contribution in [3.8, 4) is 0 Å². The molecule has 100 valence electrons. The predicted octanol–water partition coefficient (Wildman–Crippen LogP) is 3.90. The van der Waals surface area contributed by atoms with Crippen LogP contribution in [0.25, 0.3) is 0 Å². The second-order valence-corrected chi connectivity index (χ2v) is 6.36. The lowest BCUT2D eigenvalue weighted by Crippen LogP contribution is -2.40. The van der Waals surface area contributed by atoms with E-state index < -0.39 is 0 Å². The fraction of sp³-hybridized carbons (Fsp3) is 0.571. The van der Waals surface area contributed by atoms with E-state index in [1.165, 1.54) is 24.3 Å². The first-order valence-electron chi connectivity index (χ1n) is 6.40. The highest BCUT2D eigenvalue weighted by Gasteiger charge is 2.24. The van der Waals surface area contributed by atoms with Crippen LogP contribution in [-0.4, -0.2) is 17.0 Å². The lowest BCUT2D eigenvalue weighted by Gasteiger charge is -2.32. The van der Waals surface area contributed by atoms with Gasteiger partial charge in [0.15, 0.2) is 0 Å². The summed E-state index contributed by atoms with van der Waals surface area (Å²) in [6.07, 6.45) is 2.29. The molecule has 1 heterocycles. The molecule has 1 aliphatic heterocycles. The van der Waals surface area contributed by atoms with Gasteiger partial charge in [0.2, 0.25) is 0 Å². The van der Waals surface area contributed by atoms with Crippen LogP contribution in [0, 0.1) is 11.6 Å². The zero-order chi connectivity index (χ0) is 13.1. The topological polar surface area (TPSA) is 12.0 Å². The van der Waals surface area contributed by atoms with Crippen molar-refractivity contribution in [1.82, 2.24) is 5.32 Å². The van der Waals surface area contributed by atoms with E-state index in [1.807, 2.05) is 18.7 Å². The molecular formula is C14H19F2NS. The zero-order valence-electron chi connectivity index (χ0n) is 10.7. The number of thioether (sulfide) groups is 1. The smallest absolute Gasteiger partial charge is 0.128 e. The summed E-state index contributed by atoms with van der Waals surface area (Å²) in [5.74, 6) is 0.473. The molecule has 1 saturated heterocycles. The second kappa shape index (κ2) is 6.02. The van der Waals surface area contributed by atoms with Crippen LogP contribution in [0.5, 0.6) is 0 Å². The Kier molecular flexibility index (Phi) is 4.62. The van der Waals surface area contributed by atoms with E-state index in [2.05, 4.69) is 12.2 Å². The first-order valence-corrected chi connectivity index (χ1v) is 7.45. The summed E-state index contributed by atoms with van der Waals surface area (Å²) in [7, 11) is 0. The van der Waals surface area contributed by atoms with Crippen LogP contribution in [0.4, 0.5) is 8.78 Å². The van der Waals surface area contributed by atoms with Crippen LogP contribution in [0.1, 0.15) is 38.3 Å². The standard InChI is InChI=1S/C14H19F2NS/c1-9(12-8-11(15)5-6-13(12)16)17-14-4-3-7-18-10(14)2/h5-6,8-10,14,17H,3-4,7H2,1-2H3. The lowest BCUT2D eigenvalue weighted by atomic mass is 10.0. The van der Waals surface area contributed by atoms with Gasteiger partial charge in [-0.25, -0.2) is 8.78 Å². The number of hydrogen-bond acceptors (Lipinski definition) is 2. The average molecular weight is 271 g/mol. The Hall–Kier alpha value is -0.610. The lowest BCUT2D eigenvalue weighted by molar-refractivity contribution is 0.407. The van der Waals surface area contributed by atoms with E-state index in [0.29, 0.717) is 16.9 Å². The van der Waals surface area contributed by atoms with Crippen LogP contribution < -0.4 is 5.32 Å². The van der Waals surface area contributed by atoms with E-state index in [1.54, 1.807) is 0 Å². The summed E-state index contributed by atoms with van der Waals surface area (Å²) in [5, 5.41) is 3.95. The van der Waals surface area contributed by atoms with Gasteiger partial charge in [-0.1, -0.05) is 6.92 Å². The van der Waals surface area contributed by atoms with Crippen LogP contribution >= 0.6 is 11.8 Å². The fourth-order valence-electron chi connectivity index (χ4n) is 2.40. The molecule has 0 amide bonds. The average Bonchev–Trinajstić information content (AvgIpc) is 2.35. The van der Waals surface area contributed by atoms with Gasteiger partial charge in [0.25, 0.3) is 0 Å². The van der Waals surface area contributed by atoms with Crippen LogP contribution in [0.15, 0.2) is 18.2 Å². The molecule has 0 saturated carbocycles. The molecule has 1 N–H and O–H groups in total. The van der Waals surface area contributed by atoms with E-state index in [4.69, 9.17) is 0 Å². The molecule has 0 spiro atoms. The van der Waals surface area contributed by atoms with Crippen molar-refractivity contribution in [3.63, 3.8) is 0 Å². The normalized spacial score (nSPS) is 26.0. The Morgan fingerprint density at radius 2 is 2.17 bits per heavy atom. The van der Waals surface area contributed by atoms with Crippen LogP contribution in [0.2, 0.25) is 0 Å². The summed E-state index contributed by atoms with van der Waals surface area (Å²) in [6.45, 7) is 4.08. The van der Waals surface area contributed by atoms with Gasteiger partial charge in [-0.05, 0) is 43.7 Å². The summed E-state index contributed by atoms with van der Waals surface area (Å²) in [5.41, 5.74) is 0.415. The van der Waals surface area contributed by atoms with Crippen LogP contribution in [-0.2, 0) is 0 Å². The molecule has 1 nitrogen and oxygen atoms in total. The van der Waals surface area contributed by atoms with Crippen molar-refractivity contribution in [3.05, 3.63) is 35.4 Å². The quantitative estimate of drug-likeness (QED) is 0.895. The van der Waals surface area contributed by atoms with Gasteiger partial charge < -0.3 is 5.32 Å². The van der Waals surface area contributed by atoms with Gasteiger partial charge in [-0.2, -0.15) is 11.8 Å². The third kappa shape index (κ3) is 3.23. The number of nitrogens with one attached hydrogen (secondary N) is 1. The van der Waals surface area contributed by atoms with Gasteiger partial charge in [0, 0.05) is 22.9 Å². The zero-order valence-corrected chi connectivity index (χ0v) is 11.6. The molecule has 0 aliphatic carbocycles. The molecule has 1 aromatic carbocycles. The molecule has 1 aromatic rings. The molecule has 1 fully saturated rings. The van der Waals surface area contributed by atoms with Gasteiger partial charge >= 0.3 is 0 Å². The van der Waals surface area contributed by atoms with Crippen molar-refractivity contribution in [1.29, 1.82) is 0 Å². The van der Waals surface area contributed by atoms with Crippen molar-refractivity contribution in [2.75, 3.05) is 5.75 Å². The summed E-state index contributed by atoms with van der Waals surface area (Å²) >= 11 is 1.94. The Labute approximate surface area is 111 Å². The molecule has 4 heteroatoms. The number of halogens is 2. The maximum Gasteiger partial charge on any atom is 0.128 e. The molecule has 1 aliphatic rings. The first kappa shape index (κ1) is 13.8. The second-order valence-electron chi connectivity index (χ2n) is 4.88. The van der Waals surface area contributed by atoms with Crippen molar-refractivity contribution in [2.45, 2.75) is 44.0 Å². The minimum absolute atomic E-state index is 0.160. The van der Waals surface area contributed by atoms with E-state index >= 15 is 0 Å². The maximum absolute atomic E-state index is 13.7. The monoisotopic (exact) mass is 271 g/mol. The Balaban J connectivity index is 2.06. The summed E-state index contributed by atoms with van der Waals surface area (Å²) in [6, 6.07) is 3.86. The fourth-order valence-corrected chi connectivity index (χ4v) is 3.55. The highest BCUT2D eigenvalue weighted by molar-refractivity contribution is 7.99. The van der Waals surface area contributed by atoms with Crippen molar-refractivity contribution >= 4 is 11.8 Å². The van der Waals surface area contributed by atoms with Crippen molar-refractivity contribution in [2.24, 2.45) is 0 Å².